The van der Waals surface area contributed by atoms with E-state index in [0.29, 0.717) is 21.4 Å². The highest BCUT2D eigenvalue weighted by Crippen LogP contribution is 2.29. The molecule has 1 unspecified atom stereocenters. The van der Waals surface area contributed by atoms with Gasteiger partial charge >= 0.3 is 0 Å². The minimum atomic E-state index is -0.523. The summed E-state index contributed by atoms with van der Waals surface area (Å²) in [5.74, 6) is -0.605. The third-order valence-corrected chi connectivity index (χ3v) is 3.65. The van der Waals surface area contributed by atoms with Gasteiger partial charge in [0.05, 0.1) is 15.7 Å². The van der Waals surface area contributed by atoms with Gasteiger partial charge in [0.2, 0.25) is 5.91 Å². The second-order valence-corrected chi connectivity index (χ2v) is 5.25. The third-order valence-electron chi connectivity index (χ3n) is 2.83. The third kappa shape index (κ3) is 4.09. The normalized spacial score (nSPS) is 11.8. The molecule has 2 aromatic carbocycles. The number of hydrogen-bond donors (Lipinski definition) is 2. The molecule has 0 aliphatic carbocycles. The van der Waals surface area contributed by atoms with Gasteiger partial charge in [0.1, 0.15) is 11.9 Å². The largest absolute Gasteiger partial charge is 0.374 e. The Kier molecular flexibility index (Phi) is 5.04. The first-order valence-corrected chi connectivity index (χ1v) is 7.00. The zero-order valence-corrected chi connectivity index (χ0v) is 12.7. The molecular formula is C15H13Cl2FN2O. The van der Waals surface area contributed by atoms with Crippen LogP contribution in [0.15, 0.2) is 42.5 Å². The molecule has 2 N–H and O–H groups in total. The lowest BCUT2D eigenvalue weighted by atomic mass is 10.2. The first kappa shape index (κ1) is 15.6. The van der Waals surface area contributed by atoms with Crippen molar-refractivity contribution in [1.82, 2.24) is 0 Å². The number of halogens is 3. The monoisotopic (exact) mass is 326 g/mol. The molecule has 0 heterocycles. The Morgan fingerprint density at radius 2 is 1.81 bits per heavy atom. The highest BCUT2D eigenvalue weighted by Gasteiger charge is 2.15. The van der Waals surface area contributed by atoms with Gasteiger partial charge in [-0.2, -0.15) is 0 Å². The van der Waals surface area contributed by atoms with Crippen LogP contribution in [0.4, 0.5) is 15.8 Å². The van der Waals surface area contributed by atoms with Crippen LogP contribution in [0, 0.1) is 5.82 Å². The predicted octanol–water partition coefficient (Wildman–Crippen LogP) is 4.57. The smallest absolute Gasteiger partial charge is 0.246 e. The van der Waals surface area contributed by atoms with E-state index in [-0.39, 0.29) is 11.7 Å². The summed E-state index contributed by atoms with van der Waals surface area (Å²) in [7, 11) is 0. The lowest BCUT2D eigenvalue weighted by Gasteiger charge is -2.16. The Hall–Kier alpha value is -1.78. The Labute approximate surface area is 132 Å². The molecule has 1 amide bonds. The molecular weight excluding hydrogens is 314 g/mol. The van der Waals surface area contributed by atoms with Crippen molar-refractivity contribution in [2.75, 3.05) is 10.6 Å². The number of hydrogen-bond acceptors (Lipinski definition) is 2. The number of rotatable bonds is 4. The van der Waals surface area contributed by atoms with Crippen molar-refractivity contribution in [2.24, 2.45) is 0 Å². The average molecular weight is 327 g/mol. The Morgan fingerprint density at radius 3 is 2.48 bits per heavy atom. The molecule has 0 aliphatic heterocycles. The van der Waals surface area contributed by atoms with Crippen molar-refractivity contribution in [3.63, 3.8) is 0 Å². The first-order chi connectivity index (χ1) is 9.97. The fourth-order valence-electron chi connectivity index (χ4n) is 1.70. The quantitative estimate of drug-likeness (QED) is 0.863. The summed E-state index contributed by atoms with van der Waals surface area (Å²) in [5.41, 5.74) is 1.10. The Morgan fingerprint density at radius 1 is 1.14 bits per heavy atom. The van der Waals surface area contributed by atoms with Crippen molar-refractivity contribution in [2.45, 2.75) is 13.0 Å². The summed E-state index contributed by atoms with van der Waals surface area (Å²) >= 11 is 11.9. The summed E-state index contributed by atoms with van der Waals surface area (Å²) < 4.78 is 12.8. The number of carbonyl (C=O) groups excluding carboxylic acids is 1. The minimum Gasteiger partial charge on any atom is -0.374 e. The number of anilines is 2. The van der Waals surface area contributed by atoms with E-state index in [1.54, 1.807) is 37.3 Å². The van der Waals surface area contributed by atoms with E-state index in [2.05, 4.69) is 10.6 Å². The summed E-state index contributed by atoms with van der Waals surface area (Å²) in [6, 6.07) is 10.2. The van der Waals surface area contributed by atoms with Crippen molar-refractivity contribution in [1.29, 1.82) is 0 Å². The highest BCUT2D eigenvalue weighted by atomic mass is 35.5. The van der Waals surface area contributed by atoms with Gasteiger partial charge in [-0.15, -0.1) is 0 Å². The van der Waals surface area contributed by atoms with Crippen molar-refractivity contribution in [3.05, 3.63) is 58.3 Å². The molecule has 0 saturated heterocycles. The van der Waals surface area contributed by atoms with Crippen LogP contribution in [-0.4, -0.2) is 11.9 Å². The van der Waals surface area contributed by atoms with Gasteiger partial charge in [-0.1, -0.05) is 29.3 Å². The fraction of sp³-hybridized carbons (Fsp3) is 0.133. The maximum atomic E-state index is 12.8. The molecule has 2 aromatic rings. The molecule has 0 bridgehead atoms. The molecule has 1 atom stereocenters. The summed E-state index contributed by atoms with van der Waals surface area (Å²) in [4.78, 5) is 12.1. The first-order valence-electron chi connectivity index (χ1n) is 6.24. The Balaban J connectivity index is 2.02. The number of benzene rings is 2. The molecule has 110 valence electrons. The molecule has 0 radical (unpaired) electrons. The van der Waals surface area contributed by atoms with Gasteiger partial charge in [-0.05, 0) is 43.3 Å². The van der Waals surface area contributed by atoms with E-state index in [1.165, 1.54) is 12.1 Å². The molecule has 2 rings (SSSR count). The number of nitrogens with one attached hydrogen (secondary N) is 2. The van der Waals surface area contributed by atoms with E-state index in [4.69, 9.17) is 23.2 Å². The topological polar surface area (TPSA) is 41.1 Å². The number of amides is 1. The van der Waals surface area contributed by atoms with Crippen LogP contribution >= 0.6 is 23.2 Å². The van der Waals surface area contributed by atoms with Gasteiger partial charge < -0.3 is 10.6 Å². The van der Waals surface area contributed by atoms with Gasteiger partial charge in [0.15, 0.2) is 0 Å². The second kappa shape index (κ2) is 6.78. The van der Waals surface area contributed by atoms with Gasteiger partial charge in [-0.3, -0.25) is 4.79 Å². The van der Waals surface area contributed by atoms with E-state index >= 15 is 0 Å². The lowest BCUT2D eigenvalue weighted by Crippen LogP contribution is -2.31. The van der Waals surface area contributed by atoms with Gasteiger partial charge in [0.25, 0.3) is 0 Å². The molecule has 6 heteroatoms. The summed E-state index contributed by atoms with van der Waals surface area (Å²) in [6.45, 7) is 1.69. The lowest BCUT2D eigenvalue weighted by molar-refractivity contribution is -0.116. The maximum Gasteiger partial charge on any atom is 0.246 e. The molecule has 0 aliphatic rings. The van der Waals surface area contributed by atoms with Gasteiger partial charge in [0, 0.05) is 5.69 Å². The minimum absolute atomic E-state index is 0.275. The van der Waals surface area contributed by atoms with Crippen LogP contribution in [-0.2, 0) is 4.79 Å². The molecule has 0 spiro atoms. The molecule has 0 aromatic heterocycles. The zero-order chi connectivity index (χ0) is 15.4. The SMILES string of the molecule is CC(Nc1ccc(F)cc1)C(=O)Nc1cccc(Cl)c1Cl. The van der Waals surface area contributed by atoms with Crippen LogP contribution in [0.5, 0.6) is 0 Å². The highest BCUT2D eigenvalue weighted by molar-refractivity contribution is 6.44. The second-order valence-electron chi connectivity index (χ2n) is 4.46. The van der Waals surface area contributed by atoms with Gasteiger partial charge in [-0.25, -0.2) is 4.39 Å². The molecule has 0 saturated carbocycles. The van der Waals surface area contributed by atoms with Crippen LogP contribution in [0.3, 0.4) is 0 Å². The standard InChI is InChI=1S/C15H13Cl2FN2O/c1-9(19-11-7-5-10(18)6-8-11)15(21)20-13-4-2-3-12(16)14(13)17/h2-9,19H,1H3,(H,20,21). The van der Waals surface area contributed by atoms with Crippen molar-refractivity contribution < 1.29 is 9.18 Å². The summed E-state index contributed by atoms with van der Waals surface area (Å²) in [5, 5.41) is 6.32. The van der Waals surface area contributed by atoms with Crippen LogP contribution in [0.1, 0.15) is 6.92 Å². The van der Waals surface area contributed by atoms with Crippen LogP contribution < -0.4 is 10.6 Å². The molecule has 0 fully saturated rings. The van der Waals surface area contributed by atoms with Crippen molar-refractivity contribution in [3.8, 4) is 0 Å². The van der Waals surface area contributed by atoms with E-state index in [9.17, 15) is 9.18 Å². The number of carbonyl (C=O) groups is 1. The van der Waals surface area contributed by atoms with E-state index in [0.717, 1.165) is 0 Å². The maximum absolute atomic E-state index is 12.8. The fourth-order valence-corrected chi connectivity index (χ4v) is 2.05. The van der Waals surface area contributed by atoms with Crippen LogP contribution in [0.25, 0.3) is 0 Å². The molecule has 21 heavy (non-hydrogen) atoms. The predicted molar refractivity (Wildman–Crippen MR) is 84.6 cm³/mol. The summed E-state index contributed by atoms with van der Waals surface area (Å²) in [6.07, 6.45) is 0. The Bertz CT molecular complexity index is 647. The van der Waals surface area contributed by atoms with Crippen molar-refractivity contribution >= 4 is 40.5 Å². The zero-order valence-electron chi connectivity index (χ0n) is 11.2. The van der Waals surface area contributed by atoms with E-state index in [1.807, 2.05) is 0 Å². The van der Waals surface area contributed by atoms with E-state index < -0.39 is 6.04 Å². The van der Waals surface area contributed by atoms with Crippen LogP contribution in [0.2, 0.25) is 10.0 Å². The average Bonchev–Trinajstić information content (AvgIpc) is 2.46. The molecule has 3 nitrogen and oxygen atoms in total.